The van der Waals surface area contributed by atoms with Crippen LogP contribution < -0.4 is 5.32 Å². The third-order valence-electron chi connectivity index (χ3n) is 2.07. The van der Waals surface area contributed by atoms with Gasteiger partial charge in [-0.25, -0.2) is 0 Å². The normalized spacial score (nSPS) is 12.6. The third-order valence-corrected chi connectivity index (χ3v) is 2.35. The average molecular weight is 213 g/mol. The lowest BCUT2D eigenvalue weighted by Crippen LogP contribution is -2.27. The van der Waals surface area contributed by atoms with Gasteiger partial charge < -0.3 is 9.73 Å². The molecule has 3 nitrogen and oxygen atoms in total. The third kappa shape index (κ3) is 2.54. The number of hydrogen-bond acceptors (Lipinski definition) is 3. The van der Waals surface area contributed by atoms with Crippen molar-refractivity contribution in [2.24, 2.45) is 0 Å². The molecule has 0 fully saturated rings. The molecule has 1 unspecified atom stereocenters. The summed E-state index contributed by atoms with van der Waals surface area (Å²) in [6.07, 6.45) is 0. The molecule has 0 bridgehead atoms. The molecule has 0 saturated carbocycles. The lowest BCUT2D eigenvalue weighted by molar-refractivity contribution is -0.119. The van der Waals surface area contributed by atoms with E-state index in [0.29, 0.717) is 0 Å². The first kappa shape index (κ1) is 11.2. The molecule has 0 aliphatic heterocycles. The molecule has 1 aromatic rings. The summed E-state index contributed by atoms with van der Waals surface area (Å²) in [5, 5.41) is 2.82. The van der Waals surface area contributed by atoms with E-state index in [9.17, 15) is 4.79 Å². The largest absolute Gasteiger partial charge is 0.466 e. The average Bonchev–Trinajstić information content (AvgIpc) is 2.45. The predicted octanol–water partition coefficient (Wildman–Crippen LogP) is 2.00. The Morgan fingerprint density at radius 3 is 2.71 bits per heavy atom. The molecule has 1 rings (SSSR count). The Bertz CT molecular complexity index is 333. The molecule has 4 heteroatoms. The van der Waals surface area contributed by atoms with Crippen molar-refractivity contribution in [1.82, 2.24) is 5.32 Å². The maximum absolute atomic E-state index is 11.1. The zero-order valence-corrected chi connectivity index (χ0v) is 9.52. The van der Waals surface area contributed by atoms with Crippen LogP contribution >= 0.6 is 12.6 Å². The number of carbonyl (C=O) groups is 1. The molecular formula is C10H15NO2S. The van der Waals surface area contributed by atoms with Crippen molar-refractivity contribution in [2.75, 3.05) is 5.75 Å². The SMILES string of the molecule is Cc1cc(C(C)NC(=O)CS)c(C)o1. The van der Waals surface area contributed by atoms with Crippen LogP contribution in [0.2, 0.25) is 0 Å². The quantitative estimate of drug-likeness (QED) is 0.754. The van der Waals surface area contributed by atoms with E-state index < -0.39 is 0 Å². The van der Waals surface area contributed by atoms with Gasteiger partial charge in [-0.1, -0.05) is 0 Å². The molecule has 14 heavy (non-hydrogen) atoms. The van der Waals surface area contributed by atoms with Crippen LogP contribution in [0.5, 0.6) is 0 Å². The highest BCUT2D eigenvalue weighted by Gasteiger charge is 2.13. The van der Waals surface area contributed by atoms with E-state index in [1.54, 1.807) is 0 Å². The molecule has 1 aromatic heterocycles. The van der Waals surface area contributed by atoms with Crippen LogP contribution in [0.4, 0.5) is 0 Å². The minimum Gasteiger partial charge on any atom is -0.466 e. The van der Waals surface area contributed by atoms with Crippen LogP contribution in [0.15, 0.2) is 10.5 Å². The number of amides is 1. The van der Waals surface area contributed by atoms with Crippen LogP contribution in [0.1, 0.15) is 30.0 Å². The molecule has 0 aliphatic rings. The van der Waals surface area contributed by atoms with E-state index >= 15 is 0 Å². The van der Waals surface area contributed by atoms with Gasteiger partial charge >= 0.3 is 0 Å². The van der Waals surface area contributed by atoms with Gasteiger partial charge in [0, 0.05) is 5.56 Å². The first-order valence-corrected chi connectivity index (χ1v) is 5.15. The van der Waals surface area contributed by atoms with Gasteiger partial charge in [-0.05, 0) is 26.8 Å². The Morgan fingerprint density at radius 2 is 2.29 bits per heavy atom. The summed E-state index contributed by atoms with van der Waals surface area (Å²) in [7, 11) is 0. The van der Waals surface area contributed by atoms with Crippen LogP contribution in [0.3, 0.4) is 0 Å². The second-order valence-corrected chi connectivity index (χ2v) is 3.63. The highest BCUT2D eigenvalue weighted by Crippen LogP contribution is 2.20. The molecule has 1 N–H and O–H groups in total. The topological polar surface area (TPSA) is 42.2 Å². The van der Waals surface area contributed by atoms with Crippen LogP contribution in [0.25, 0.3) is 0 Å². The Labute approximate surface area is 89.3 Å². The van der Waals surface area contributed by atoms with E-state index in [1.807, 2.05) is 26.8 Å². The summed E-state index contributed by atoms with van der Waals surface area (Å²) in [6, 6.07) is 1.92. The number of nitrogens with one attached hydrogen (secondary N) is 1. The number of furan rings is 1. The van der Waals surface area contributed by atoms with Crippen molar-refractivity contribution < 1.29 is 9.21 Å². The minimum atomic E-state index is -0.0703. The maximum Gasteiger partial charge on any atom is 0.230 e. The van der Waals surface area contributed by atoms with Crippen LogP contribution in [-0.2, 0) is 4.79 Å². The summed E-state index contributed by atoms with van der Waals surface area (Å²) < 4.78 is 5.38. The summed E-state index contributed by atoms with van der Waals surface area (Å²) in [5.74, 6) is 1.86. The Kier molecular flexibility index (Phi) is 3.63. The molecular weight excluding hydrogens is 198 g/mol. The lowest BCUT2D eigenvalue weighted by Gasteiger charge is -2.11. The fourth-order valence-electron chi connectivity index (χ4n) is 1.45. The van der Waals surface area contributed by atoms with Gasteiger partial charge in [-0.3, -0.25) is 4.79 Å². The molecule has 0 aliphatic carbocycles. The highest BCUT2D eigenvalue weighted by molar-refractivity contribution is 7.81. The fraction of sp³-hybridized carbons (Fsp3) is 0.500. The minimum absolute atomic E-state index is 0.0212. The van der Waals surface area contributed by atoms with E-state index in [-0.39, 0.29) is 17.7 Å². The lowest BCUT2D eigenvalue weighted by atomic mass is 10.1. The van der Waals surface area contributed by atoms with Gasteiger partial charge in [0.15, 0.2) is 0 Å². The summed E-state index contributed by atoms with van der Waals surface area (Å²) >= 11 is 3.90. The Morgan fingerprint density at radius 1 is 1.64 bits per heavy atom. The van der Waals surface area contributed by atoms with E-state index in [4.69, 9.17) is 4.42 Å². The van der Waals surface area contributed by atoms with Gasteiger partial charge in [0.2, 0.25) is 5.91 Å². The molecule has 0 spiro atoms. The first-order valence-electron chi connectivity index (χ1n) is 4.51. The zero-order chi connectivity index (χ0) is 10.7. The predicted molar refractivity (Wildman–Crippen MR) is 58.6 cm³/mol. The fourth-order valence-corrected chi connectivity index (χ4v) is 1.54. The van der Waals surface area contributed by atoms with Crippen molar-refractivity contribution in [3.63, 3.8) is 0 Å². The molecule has 0 saturated heterocycles. The molecule has 1 atom stereocenters. The van der Waals surface area contributed by atoms with Gasteiger partial charge in [0.05, 0.1) is 11.8 Å². The number of thiol groups is 1. The highest BCUT2D eigenvalue weighted by atomic mass is 32.1. The summed E-state index contributed by atoms with van der Waals surface area (Å²) in [4.78, 5) is 11.1. The van der Waals surface area contributed by atoms with Gasteiger partial charge in [-0.15, -0.1) is 0 Å². The van der Waals surface area contributed by atoms with Gasteiger partial charge in [-0.2, -0.15) is 12.6 Å². The van der Waals surface area contributed by atoms with Gasteiger partial charge in [0.25, 0.3) is 0 Å². The van der Waals surface area contributed by atoms with Crippen molar-refractivity contribution in [3.8, 4) is 0 Å². The molecule has 78 valence electrons. The standard InChI is InChI=1S/C10H15NO2S/c1-6-4-9(8(3)13-6)7(2)11-10(12)5-14/h4,7,14H,5H2,1-3H3,(H,11,12). The number of rotatable bonds is 3. The van der Waals surface area contributed by atoms with E-state index in [0.717, 1.165) is 17.1 Å². The molecule has 1 amide bonds. The molecule has 1 heterocycles. The monoisotopic (exact) mass is 213 g/mol. The van der Waals surface area contributed by atoms with Gasteiger partial charge in [0.1, 0.15) is 11.5 Å². The van der Waals surface area contributed by atoms with Crippen molar-refractivity contribution >= 4 is 18.5 Å². The maximum atomic E-state index is 11.1. The Hall–Kier alpha value is -0.900. The zero-order valence-electron chi connectivity index (χ0n) is 8.63. The second kappa shape index (κ2) is 4.55. The molecule has 0 aromatic carbocycles. The van der Waals surface area contributed by atoms with Crippen molar-refractivity contribution in [1.29, 1.82) is 0 Å². The van der Waals surface area contributed by atoms with Crippen molar-refractivity contribution in [2.45, 2.75) is 26.8 Å². The van der Waals surface area contributed by atoms with E-state index in [2.05, 4.69) is 17.9 Å². The second-order valence-electron chi connectivity index (χ2n) is 3.32. The van der Waals surface area contributed by atoms with Crippen LogP contribution in [-0.4, -0.2) is 11.7 Å². The Balaban J connectivity index is 2.73. The molecule has 0 radical (unpaired) electrons. The number of hydrogen-bond donors (Lipinski definition) is 2. The number of aryl methyl sites for hydroxylation is 2. The van der Waals surface area contributed by atoms with E-state index in [1.165, 1.54) is 0 Å². The van der Waals surface area contributed by atoms with Crippen molar-refractivity contribution in [3.05, 3.63) is 23.2 Å². The number of carbonyl (C=O) groups excluding carboxylic acids is 1. The summed E-state index contributed by atoms with van der Waals surface area (Å²) in [5.41, 5.74) is 1.03. The smallest absolute Gasteiger partial charge is 0.230 e. The summed E-state index contributed by atoms with van der Waals surface area (Å²) in [6.45, 7) is 5.72. The van der Waals surface area contributed by atoms with Crippen LogP contribution in [0, 0.1) is 13.8 Å². The first-order chi connectivity index (χ1) is 6.54.